The summed E-state index contributed by atoms with van der Waals surface area (Å²) in [6.45, 7) is 2.91. The van der Waals surface area contributed by atoms with Crippen molar-refractivity contribution in [3.63, 3.8) is 0 Å². The van der Waals surface area contributed by atoms with Gasteiger partial charge in [0, 0.05) is 24.3 Å². The van der Waals surface area contributed by atoms with E-state index in [2.05, 4.69) is 20.6 Å². The molecule has 1 aliphatic carbocycles. The number of hydrogen-bond acceptors (Lipinski definition) is 6. The Balaban J connectivity index is 1.45. The number of ether oxygens (including phenoxy) is 2. The van der Waals surface area contributed by atoms with Crippen molar-refractivity contribution in [1.82, 2.24) is 9.97 Å². The Labute approximate surface area is 128 Å². The van der Waals surface area contributed by atoms with Gasteiger partial charge in [0.15, 0.2) is 11.5 Å². The quantitative estimate of drug-likeness (QED) is 0.884. The van der Waals surface area contributed by atoms with E-state index in [1.54, 1.807) is 0 Å². The summed E-state index contributed by atoms with van der Waals surface area (Å²) in [5, 5.41) is 6.67. The number of aryl methyl sites for hydroxylation is 1. The predicted molar refractivity (Wildman–Crippen MR) is 83.3 cm³/mol. The summed E-state index contributed by atoms with van der Waals surface area (Å²) in [6.07, 6.45) is 2.45. The van der Waals surface area contributed by atoms with Crippen LogP contribution in [0.5, 0.6) is 11.5 Å². The van der Waals surface area contributed by atoms with Gasteiger partial charge < -0.3 is 20.1 Å². The van der Waals surface area contributed by atoms with Crippen LogP contribution in [0.15, 0.2) is 24.3 Å². The first-order valence-electron chi connectivity index (χ1n) is 7.51. The van der Waals surface area contributed by atoms with Gasteiger partial charge in [-0.15, -0.1) is 0 Å². The van der Waals surface area contributed by atoms with E-state index < -0.39 is 0 Å². The van der Waals surface area contributed by atoms with Crippen molar-refractivity contribution in [3.05, 3.63) is 35.5 Å². The molecule has 1 aliphatic heterocycles. The molecular formula is C16H18N4O2. The second-order valence-corrected chi connectivity index (χ2v) is 5.68. The molecule has 1 saturated carbocycles. The summed E-state index contributed by atoms with van der Waals surface area (Å²) in [5.74, 6) is 3.12. The Morgan fingerprint density at radius 3 is 2.86 bits per heavy atom. The molecule has 2 heterocycles. The van der Waals surface area contributed by atoms with E-state index in [1.807, 2.05) is 31.2 Å². The minimum atomic E-state index is 0.295. The SMILES string of the molecule is Cc1cc(NC2CC2)nc(NCc2ccc3c(c2)OCO3)n1. The first kappa shape index (κ1) is 13.2. The van der Waals surface area contributed by atoms with Crippen LogP contribution in [0.2, 0.25) is 0 Å². The number of benzene rings is 1. The molecule has 6 nitrogen and oxygen atoms in total. The van der Waals surface area contributed by atoms with Crippen molar-refractivity contribution in [2.45, 2.75) is 32.4 Å². The van der Waals surface area contributed by atoms with Gasteiger partial charge in [-0.1, -0.05) is 6.07 Å². The number of hydrogen-bond donors (Lipinski definition) is 2. The molecule has 2 aliphatic rings. The summed E-state index contributed by atoms with van der Waals surface area (Å²) < 4.78 is 10.7. The van der Waals surface area contributed by atoms with E-state index in [9.17, 15) is 0 Å². The average molecular weight is 298 g/mol. The van der Waals surface area contributed by atoms with Gasteiger partial charge in [-0.25, -0.2) is 4.98 Å². The van der Waals surface area contributed by atoms with Crippen LogP contribution in [-0.2, 0) is 6.54 Å². The Bertz CT molecular complexity index is 701. The van der Waals surface area contributed by atoms with E-state index >= 15 is 0 Å². The molecule has 1 aromatic heterocycles. The number of nitrogens with one attached hydrogen (secondary N) is 2. The molecule has 0 saturated heterocycles. The van der Waals surface area contributed by atoms with Crippen LogP contribution < -0.4 is 20.1 Å². The third kappa shape index (κ3) is 2.90. The summed E-state index contributed by atoms with van der Waals surface area (Å²) >= 11 is 0. The molecule has 6 heteroatoms. The third-order valence-corrected chi connectivity index (χ3v) is 3.67. The molecule has 0 amide bonds. The van der Waals surface area contributed by atoms with Crippen molar-refractivity contribution in [3.8, 4) is 11.5 Å². The predicted octanol–water partition coefficient (Wildman–Crippen LogP) is 2.70. The molecule has 114 valence electrons. The van der Waals surface area contributed by atoms with Gasteiger partial charge >= 0.3 is 0 Å². The fourth-order valence-electron chi connectivity index (χ4n) is 2.39. The number of anilines is 2. The zero-order valence-corrected chi connectivity index (χ0v) is 12.4. The maximum Gasteiger partial charge on any atom is 0.231 e. The molecule has 0 bridgehead atoms. The average Bonchev–Trinajstić information content (AvgIpc) is 3.18. The molecule has 2 N–H and O–H groups in total. The third-order valence-electron chi connectivity index (χ3n) is 3.67. The number of fused-ring (bicyclic) bond motifs is 1. The summed E-state index contributed by atoms with van der Waals surface area (Å²) in [7, 11) is 0. The minimum absolute atomic E-state index is 0.295. The summed E-state index contributed by atoms with van der Waals surface area (Å²) in [4.78, 5) is 8.94. The molecule has 0 atom stereocenters. The maximum atomic E-state index is 5.39. The van der Waals surface area contributed by atoms with Crippen LogP contribution in [0, 0.1) is 6.92 Å². The van der Waals surface area contributed by atoms with Gasteiger partial charge in [-0.05, 0) is 37.5 Å². The lowest BCUT2D eigenvalue weighted by atomic mass is 10.2. The first-order chi connectivity index (χ1) is 10.8. The highest BCUT2D eigenvalue weighted by atomic mass is 16.7. The molecule has 1 fully saturated rings. The fourth-order valence-corrected chi connectivity index (χ4v) is 2.39. The minimum Gasteiger partial charge on any atom is -0.454 e. The van der Waals surface area contributed by atoms with E-state index in [-0.39, 0.29) is 0 Å². The normalized spacial score (nSPS) is 15.7. The second-order valence-electron chi connectivity index (χ2n) is 5.68. The molecule has 22 heavy (non-hydrogen) atoms. The van der Waals surface area contributed by atoms with E-state index in [4.69, 9.17) is 9.47 Å². The van der Waals surface area contributed by atoms with E-state index in [0.717, 1.165) is 28.6 Å². The van der Waals surface area contributed by atoms with Gasteiger partial charge in [0.25, 0.3) is 0 Å². The van der Waals surface area contributed by atoms with Crippen LogP contribution in [0.3, 0.4) is 0 Å². The van der Waals surface area contributed by atoms with Crippen LogP contribution >= 0.6 is 0 Å². The molecular weight excluding hydrogens is 280 g/mol. The van der Waals surface area contributed by atoms with Gasteiger partial charge in [-0.2, -0.15) is 4.98 Å². The molecule has 2 aromatic rings. The van der Waals surface area contributed by atoms with Gasteiger partial charge in [0.1, 0.15) is 5.82 Å². The smallest absolute Gasteiger partial charge is 0.231 e. The van der Waals surface area contributed by atoms with Crippen molar-refractivity contribution in [2.75, 3.05) is 17.4 Å². The first-order valence-corrected chi connectivity index (χ1v) is 7.51. The largest absolute Gasteiger partial charge is 0.454 e. The zero-order valence-electron chi connectivity index (χ0n) is 12.4. The molecule has 0 unspecified atom stereocenters. The van der Waals surface area contributed by atoms with Crippen LogP contribution in [0.4, 0.5) is 11.8 Å². The van der Waals surface area contributed by atoms with Crippen molar-refractivity contribution >= 4 is 11.8 Å². The van der Waals surface area contributed by atoms with Crippen LogP contribution in [-0.4, -0.2) is 22.8 Å². The highest BCUT2D eigenvalue weighted by molar-refractivity contribution is 5.47. The highest BCUT2D eigenvalue weighted by Crippen LogP contribution is 2.32. The van der Waals surface area contributed by atoms with E-state index in [0.29, 0.717) is 25.3 Å². The Morgan fingerprint density at radius 2 is 2.00 bits per heavy atom. The molecule has 0 radical (unpaired) electrons. The maximum absolute atomic E-state index is 5.39. The second kappa shape index (κ2) is 5.36. The number of nitrogens with zero attached hydrogens (tertiary/aromatic N) is 2. The topological polar surface area (TPSA) is 68.3 Å². The highest BCUT2D eigenvalue weighted by Gasteiger charge is 2.21. The van der Waals surface area contributed by atoms with Gasteiger partial charge in [0.2, 0.25) is 12.7 Å². The molecule has 0 spiro atoms. The lowest BCUT2D eigenvalue weighted by molar-refractivity contribution is 0.174. The van der Waals surface area contributed by atoms with Gasteiger partial charge in [-0.3, -0.25) is 0 Å². The lowest BCUT2D eigenvalue weighted by Crippen LogP contribution is -2.09. The van der Waals surface area contributed by atoms with Crippen molar-refractivity contribution in [1.29, 1.82) is 0 Å². The Morgan fingerprint density at radius 1 is 1.14 bits per heavy atom. The molecule has 1 aromatic carbocycles. The molecule has 4 rings (SSSR count). The van der Waals surface area contributed by atoms with E-state index in [1.165, 1.54) is 12.8 Å². The lowest BCUT2D eigenvalue weighted by Gasteiger charge is -2.09. The standard InChI is InChI=1S/C16H18N4O2/c1-10-6-15(19-12-3-4-12)20-16(18-10)17-8-11-2-5-13-14(7-11)22-9-21-13/h2,5-7,12H,3-4,8-9H2,1H3,(H2,17,18,19,20). The Hall–Kier alpha value is -2.50. The fraction of sp³-hybridized carbons (Fsp3) is 0.375. The van der Waals surface area contributed by atoms with Crippen LogP contribution in [0.1, 0.15) is 24.1 Å². The Kier molecular flexibility index (Phi) is 3.21. The zero-order chi connectivity index (χ0) is 14.9. The number of rotatable bonds is 5. The monoisotopic (exact) mass is 298 g/mol. The van der Waals surface area contributed by atoms with Gasteiger partial charge in [0.05, 0.1) is 0 Å². The summed E-state index contributed by atoms with van der Waals surface area (Å²) in [5.41, 5.74) is 2.05. The summed E-state index contributed by atoms with van der Waals surface area (Å²) in [6, 6.07) is 8.48. The number of aromatic nitrogens is 2. The van der Waals surface area contributed by atoms with Crippen LogP contribution in [0.25, 0.3) is 0 Å². The van der Waals surface area contributed by atoms with Crippen molar-refractivity contribution in [2.24, 2.45) is 0 Å². The van der Waals surface area contributed by atoms with Crippen molar-refractivity contribution < 1.29 is 9.47 Å².